The van der Waals surface area contributed by atoms with Crippen LogP contribution in [-0.4, -0.2) is 46.8 Å². The molecule has 0 aromatic heterocycles. The molecule has 0 atom stereocenters. The molecule has 0 unspecified atom stereocenters. The van der Waals surface area contributed by atoms with Crippen molar-refractivity contribution in [3.63, 3.8) is 0 Å². The van der Waals surface area contributed by atoms with Crippen LogP contribution >= 0.6 is 0 Å². The van der Waals surface area contributed by atoms with Gasteiger partial charge in [-0.05, 0) is 12.1 Å². The van der Waals surface area contributed by atoms with Gasteiger partial charge in [-0.2, -0.15) is 0 Å². The Morgan fingerprint density at radius 3 is 2.25 bits per heavy atom. The van der Waals surface area contributed by atoms with Crippen molar-refractivity contribution in [2.24, 2.45) is 0 Å². The first kappa shape index (κ1) is 12.7. The lowest BCUT2D eigenvalue weighted by Crippen LogP contribution is -2.63. The Hall–Kier alpha value is -2.37. The standard InChI is InChI=1S/C14H15N3O3/c18-12-6-7-13(19)17(12)11-8-16(9-11)14(20)15-10-4-2-1-3-5-10/h1-5,11H,6-9H2,(H,15,20). The smallest absolute Gasteiger partial charge is 0.320 e. The second kappa shape index (κ2) is 4.96. The van der Waals surface area contributed by atoms with Crippen LogP contribution in [0.3, 0.4) is 0 Å². The molecule has 0 radical (unpaired) electrons. The maximum Gasteiger partial charge on any atom is 0.321 e. The number of amides is 4. The van der Waals surface area contributed by atoms with E-state index in [1.807, 2.05) is 30.3 Å². The summed E-state index contributed by atoms with van der Waals surface area (Å²) in [5.74, 6) is -0.244. The topological polar surface area (TPSA) is 69.7 Å². The van der Waals surface area contributed by atoms with Gasteiger partial charge in [0.15, 0.2) is 0 Å². The minimum atomic E-state index is -0.202. The van der Waals surface area contributed by atoms with E-state index in [1.165, 1.54) is 4.90 Å². The second-order valence-electron chi connectivity index (χ2n) is 5.01. The molecule has 1 aromatic rings. The number of imide groups is 1. The van der Waals surface area contributed by atoms with E-state index in [0.29, 0.717) is 25.9 Å². The average Bonchev–Trinajstić information content (AvgIpc) is 2.70. The van der Waals surface area contributed by atoms with E-state index in [1.54, 1.807) is 4.90 Å². The molecule has 0 bridgehead atoms. The predicted molar refractivity (Wildman–Crippen MR) is 71.9 cm³/mol. The third-order valence-electron chi connectivity index (χ3n) is 3.63. The molecule has 0 aliphatic carbocycles. The number of hydrogen-bond donors (Lipinski definition) is 1. The fourth-order valence-corrected chi connectivity index (χ4v) is 2.51. The van der Waals surface area contributed by atoms with E-state index >= 15 is 0 Å². The molecule has 0 saturated carbocycles. The lowest BCUT2D eigenvalue weighted by Gasteiger charge is -2.42. The highest BCUT2D eigenvalue weighted by atomic mass is 16.2. The summed E-state index contributed by atoms with van der Waals surface area (Å²) in [5, 5.41) is 2.78. The van der Waals surface area contributed by atoms with Crippen LogP contribution in [0.2, 0.25) is 0 Å². The number of anilines is 1. The molecule has 1 N–H and O–H groups in total. The Labute approximate surface area is 116 Å². The number of hydrogen-bond acceptors (Lipinski definition) is 3. The predicted octanol–water partition coefficient (Wildman–Crippen LogP) is 1.05. The van der Waals surface area contributed by atoms with E-state index in [0.717, 1.165) is 5.69 Å². The highest BCUT2D eigenvalue weighted by molar-refractivity contribution is 6.02. The lowest BCUT2D eigenvalue weighted by atomic mass is 10.1. The Kier molecular flexibility index (Phi) is 3.14. The fraction of sp³-hybridized carbons (Fsp3) is 0.357. The molecule has 6 heteroatoms. The second-order valence-corrected chi connectivity index (χ2v) is 5.01. The minimum absolute atomic E-state index is 0.122. The molecule has 2 aliphatic rings. The number of nitrogens with one attached hydrogen (secondary N) is 1. The van der Waals surface area contributed by atoms with Gasteiger partial charge in [0.25, 0.3) is 0 Å². The quantitative estimate of drug-likeness (QED) is 0.819. The highest BCUT2D eigenvalue weighted by Crippen LogP contribution is 2.22. The zero-order valence-electron chi connectivity index (χ0n) is 10.9. The number of rotatable bonds is 2. The van der Waals surface area contributed by atoms with E-state index in [-0.39, 0.29) is 23.9 Å². The van der Waals surface area contributed by atoms with E-state index in [4.69, 9.17) is 0 Å². The zero-order chi connectivity index (χ0) is 14.1. The van der Waals surface area contributed by atoms with Crippen LogP contribution in [0.25, 0.3) is 0 Å². The third-order valence-corrected chi connectivity index (χ3v) is 3.63. The molecule has 4 amide bonds. The SMILES string of the molecule is O=C(Nc1ccccc1)N1CC(N2C(=O)CCC2=O)C1. The molecule has 2 saturated heterocycles. The van der Waals surface area contributed by atoms with Crippen molar-refractivity contribution in [1.82, 2.24) is 9.80 Å². The molecular weight excluding hydrogens is 258 g/mol. The number of para-hydroxylation sites is 1. The lowest BCUT2D eigenvalue weighted by molar-refractivity contribution is -0.144. The maximum atomic E-state index is 11.9. The van der Waals surface area contributed by atoms with Gasteiger partial charge in [-0.3, -0.25) is 14.5 Å². The summed E-state index contributed by atoms with van der Waals surface area (Å²) in [4.78, 5) is 38.0. The van der Waals surface area contributed by atoms with Gasteiger partial charge >= 0.3 is 6.03 Å². The van der Waals surface area contributed by atoms with Crippen LogP contribution in [0.4, 0.5) is 10.5 Å². The van der Waals surface area contributed by atoms with Gasteiger partial charge in [-0.1, -0.05) is 18.2 Å². The van der Waals surface area contributed by atoms with Crippen molar-refractivity contribution >= 4 is 23.5 Å². The first-order valence-electron chi connectivity index (χ1n) is 6.61. The van der Waals surface area contributed by atoms with Crippen LogP contribution in [0.5, 0.6) is 0 Å². The highest BCUT2D eigenvalue weighted by Gasteiger charge is 2.42. The zero-order valence-corrected chi connectivity index (χ0v) is 10.9. The molecule has 104 valence electrons. The molecule has 20 heavy (non-hydrogen) atoms. The van der Waals surface area contributed by atoms with Crippen LogP contribution in [0.1, 0.15) is 12.8 Å². The van der Waals surface area contributed by atoms with Gasteiger partial charge in [-0.15, -0.1) is 0 Å². The molecular formula is C14H15N3O3. The summed E-state index contributed by atoms with van der Waals surface area (Å²) in [6.07, 6.45) is 0.594. The van der Waals surface area contributed by atoms with Gasteiger partial charge in [0.2, 0.25) is 11.8 Å². The number of urea groups is 1. The summed E-state index contributed by atoms with van der Waals surface area (Å²) in [6.45, 7) is 0.826. The summed E-state index contributed by atoms with van der Waals surface area (Å²) >= 11 is 0. The Morgan fingerprint density at radius 2 is 1.65 bits per heavy atom. The summed E-state index contributed by atoms with van der Waals surface area (Å²) in [6, 6.07) is 8.82. The largest absolute Gasteiger partial charge is 0.321 e. The summed E-state index contributed by atoms with van der Waals surface area (Å²) < 4.78 is 0. The Bertz CT molecular complexity index is 536. The van der Waals surface area contributed by atoms with Gasteiger partial charge in [0, 0.05) is 31.6 Å². The van der Waals surface area contributed by atoms with Gasteiger partial charge in [-0.25, -0.2) is 4.79 Å². The molecule has 6 nitrogen and oxygen atoms in total. The van der Waals surface area contributed by atoms with Crippen LogP contribution in [0, 0.1) is 0 Å². The Morgan fingerprint density at radius 1 is 1.05 bits per heavy atom. The van der Waals surface area contributed by atoms with Crippen molar-refractivity contribution in [2.75, 3.05) is 18.4 Å². The third kappa shape index (κ3) is 2.24. The fourth-order valence-electron chi connectivity index (χ4n) is 2.51. The van der Waals surface area contributed by atoms with Crippen molar-refractivity contribution < 1.29 is 14.4 Å². The van der Waals surface area contributed by atoms with Crippen molar-refractivity contribution in [1.29, 1.82) is 0 Å². The van der Waals surface area contributed by atoms with Crippen molar-refractivity contribution in [2.45, 2.75) is 18.9 Å². The van der Waals surface area contributed by atoms with Crippen LogP contribution in [-0.2, 0) is 9.59 Å². The van der Waals surface area contributed by atoms with Crippen LogP contribution < -0.4 is 5.32 Å². The molecule has 2 fully saturated rings. The van der Waals surface area contributed by atoms with Gasteiger partial charge in [0.05, 0.1) is 6.04 Å². The van der Waals surface area contributed by atoms with E-state index in [9.17, 15) is 14.4 Å². The molecule has 0 spiro atoms. The van der Waals surface area contributed by atoms with Crippen LogP contribution in [0.15, 0.2) is 30.3 Å². The number of likely N-dealkylation sites (tertiary alicyclic amines) is 2. The van der Waals surface area contributed by atoms with Crippen molar-refractivity contribution in [3.05, 3.63) is 30.3 Å². The number of nitrogens with zero attached hydrogens (tertiary/aromatic N) is 2. The van der Waals surface area contributed by atoms with Gasteiger partial charge < -0.3 is 10.2 Å². The molecule has 2 heterocycles. The number of benzene rings is 1. The average molecular weight is 273 g/mol. The monoisotopic (exact) mass is 273 g/mol. The normalized spacial score (nSPS) is 19.2. The maximum absolute atomic E-state index is 11.9. The first-order valence-corrected chi connectivity index (χ1v) is 6.61. The molecule has 2 aliphatic heterocycles. The number of carbonyl (C=O) groups is 3. The summed E-state index contributed by atoms with van der Waals surface area (Å²) in [7, 11) is 0. The van der Waals surface area contributed by atoms with Gasteiger partial charge in [0.1, 0.15) is 0 Å². The molecule has 3 rings (SSSR count). The first-order chi connectivity index (χ1) is 9.65. The summed E-state index contributed by atoms with van der Waals surface area (Å²) in [5.41, 5.74) is 0.731. The number of carbonyl (C=O) groups excluding carboxylic acids is 3. The molecule has 1 aromatic carbocycles. The minimum Gasteiger partial charge on any atom is -0.320 e. The Balaban J connectivity index is 1.54. The van der Waals surface area contributed by atoms with E-state index < -0.39 is 0 Å². The van der Waals surface area contributed by atoms with E-state index in [2.05, 4.69) is 5.32 Å². The van der Waals surface area contributed by atoms with Crippen molar-refractivity contribution in [3.8, 4) is 0 Å².